The molecule has 2 aliphatic heterocycles. The minimum Gasteiger partial charge on any atom is -0.504 e. The van der Waals surface area contributed by atoms with Crippen molar-refractivity contribution in [2.75, 3.05) is 13.1 Å². The highest BCUT2D eigenvalue weighted by Gasteiger charge is 2.73. The molecular weight excluding hydrogens is 604 g/mol. The lowest BCUT2D eigenvalue weighted by atomic mass is 9.47. The first kappa shape index (κ1) is 31.4. The number of likely N-dealkylation sites (tertiary alicyclic amines) is 1. The van der Waals surface area contributed by atoms with Gasteiger partial charge in [0.15, 0.2) is 11.5 Å². The third-order valence-electron chi connectivity index (χ3n) is 13.3. The monoisotopic (exact) mass is 656 g/mol. The highest BCUT2D eigenvalue weighted by Crippen LogP contribution is 2.67. The molecule has 5 nitrogen and oxygen atoms in total. The fourth-order valence-corrected chi connectivity index (χ4v) is 10.7. The minimum absolute atomic E-state index is 0.113. The Hall–Kier alpha value is -3.54. The molecular formula is C44H52N2O3. The van der Waals surface area contributed by atoms with Gasteiger partial charge >= 0.3 is 0 Å². The molecule has 4 aromatic rings. The van der Waals surface area contributed by atoms with Crippen LogP contribution in [0.15, 0.2) is 91.1 Å². The number of phenols is 1. The Morgan fingerprint density at radius 1 is 0.816 bits per heavy atom. The molecule has 6 atom stereocenters. The number of phenolic OH excluding ortho intramolecular Hbond substituents is 1. The smallest absolute Gasteiger partial charge is 0.165 e. The zero-order valence-electron chi connectivity index (χ0n) is 28.9. The highest BCUT2D eigenvalue weighted by atomic mass is 16.5. The van der Waals surface area contributed by atoms with Crippen LogP contribution >= 0.6 is 0 Å². The first-order valence-electron chi connectivity index (χ1n) is 19.2. The number of nitrogens with zero attached hydrogens (tertiary/aromatic N) is 2. The molecule has 3 unspecified atom stereocenters. The quantitative estimate of drug-likeness (QED) is 0.143. The molecule has 0 radical (unpaired) electrons. The number of aryl methyl sites for hydroxylation is 2. The molecule has 2 bridgehead atoms. The second-order valence-electron chi connectivity index (χ2n) is 16.1. The Morgan fingerprint density at radius 3 is 2.37 bits per heavy atom. The van der Waals surface area contributed by atoms with Crippen molar-refractivity contribution in [1.82, 2.24) is 9.47 Å². The summed E-state index contributed by atoms with van der Waals surface area (Å²) in [7, 11) is 0. The van der Waals surface area contributed by atoms with E-state index in [-0.39, 0.29) is 23.8 Å². The second kappa shape index (κ2) is 12.7. The van der Waals surface area contributed by atoms with Crippen molar-refractivity contribution in [3.63, 3.8) is 0 Å². The Morgan fingerprint density at radius 2 is 1.59 bits per heavy atom. The fraction of sp³-hybridized carbons (Fsp3) is 0.500. The van der Waals surface area contributed by atoms with E-state index in [1.807, 2.05) is 6.07 Å². The molecule has 3 aliphatic carbocycles. The van der Waals surface area contributed by atoms with Gasteiger partial charge in [-0.25, -0.2) is 0 Å². The van der Waals surface area contributed by atoms with Crippen molar-refractivity contribution in [2.24, 2.45) is 11.8 Å². The van der Waals surface area contributed by atoms with Crippen molar-refractivity contribution >= 4 is 0 Å². The van der Waals surface area contributed by atoms with Crippen LogP contribution in [0.4, 0.5) is 0 Å². The molecule has 3 heterocycles. The number of aliphatic hydroxyl groups is 1. The van der Waals surface area contributed by atoms with Crippen LogP contribution in [-0.4, -0.2) is 50.5 Å². The van der Waals surface area contributed by atoms with Crippen LogP contribution in [0.5, 0.6) is 11.5 Å². The molecule has 3 fully saturated rings. The molecule has 1 saturated heterocycles. The van der Waals surface area contributed by atoms with E-state index in [2.05, 4.69) is 94.5 Å². The molecule has 49 heavy (non-hydrogen) atoms. The Bertz CT molecular complexity index is 1770. The number of ether oxygens (including phenoxy) is 1. The number of aromatic nitrogens is 1. The molecule has 1 spiro atoms. The maximum atomic E-state index is 13.0. The molecule has 256 valence electrons. The zero-order chi connectivity index (χ0) is 33.0. The van der Waals surface area contributed by atoms with Gasteiger partial charge in [-0.3, -0.25) is 4.90 Å². The van der Waals surface area contributed by atoms with E-state index in [1.54, 1.807) is 0 Å². The molecule has 0 amide bonds. The lowest BCUT2D eigenvalue weighted by molar-refractivity contribution is -0.190. The summed E-state index contributed by atoms with van der Waals surface area (Å²) in [6.45, 7) is 3.11. The van der Waals surface area contributed by atoms with Crippen molar-refractivity contribution < 1.29 is 14.9 Å². The number of hydrogen-bond acceptors (Lipinski definition) is 4. The number of benzene rings is 3. The van der Waals surface area contributed by atoms with E-state index >= 15 is 0 Å². The van der Waals surface area contributed by atoms with Crippen LogP contribution in [0.3, 0.4) is 0 Å². The van der Waals surface area contributed by atoms with E-state index < -0.39 is 11.0 Å². The SMILES string of the molecule is Oc1ccc2c3c1OC1C(c4cccn4CC(CCCCc4ccccc4)CCc4ccccc4)CC[C@@]4(O)[C@@H](C2)N(CC2CC2)CC[C@]314. The van der Waals surface area contributed by atoms with Crippen LogP contribution in [0.2, 0.25) is 0 Å². The highest BCUT2D eigenvalue weighted by molar-refractivity contribution is 5.63. The van der Waals surface area contributed by atoms with Crippen molar-refractivity contribution in [2.45, 2.75) is 113 Å². The van der Waals surface area contributed by atoms with Crippen LogP contribution < -0.4 is 4.74 Å². The zero-order valence-corrected chi connectivity index (χ0v) is 28.9. The molecule has 5 heteroatoms. The summed E-state index contributed by atoms with van der Waals surface area (Å²) in [5.41, 5.74) is 5.27. The maximum absolute atomic E-state index is 13.0. The third-order valence-corrected chi connectivity index (χ3v) is 13.3. The summed E-state index contributed by atoms with van der Waals surface area (Å²) >= 11 is 0. The standard InChI is InChI=1S/C44H52N2O3/c47-38-22-21-35-28-39-44(48)24-23-36(42-43(44,40(35)41(38)49-42)25-27-46(39)30-34-19-20-34)37-16-9-26-45(37)29-33(18-17-32-12-5-2-6-13-32)15-8-7-14-31-10-3-1-4-11-31/h1-6,9-13,16,21-22,26,33-34,36,39,42,47-48H,7-8,14-15,17-20,23-25,27-30H2/t33?,36?,39-,42?,43+,44-/m1/s1. The molecule has 5 aliphatic rings. The molecule has 1 aromatic heterocycles. The average molecular weight is 657 g/mol. The predicted octanol–water partition coefficient (Wildman–Crippen LogP) is 8.20. The van der Waals surface area contributed by atoms with E-state index in [4.69, 9.17) is 4.74 Å². The van der Waals surface area contributed by atoms with Gasteiger partial charge in [-0.15, -0.1) is 0 Å². The summed E-state index contributed by atoms with van der Waals surface area (Å²) in [4.78, 5) is 2.63. The average Bonchev–Trinajstić information content (AvgIpc) is 3.70. The van der Waals surface area contributed by atoms with Crippen LogP contribution in [0.25, 0.3) is 0 Å². The Labute approximate surface area is 291 Å². The fourth-order valence-electron chi connectivity index (χ4n) is 10.7. The van der Waals surface area contributed by atoms with Crippen LogP contribution in [0, 0.1) is 11.8 Å². The van der Waals surface area contributed by atoms with Crippen molar-refractivity contribution in [1.29, 1.82) is 0 Å². The Kier molecular flexibility index (Phi) is 8.12. The van der Waals surface area contributed by atoms with Gasteiger partial charge in [0.25, 0.3) is 0 Å². The Balaban J connectivity index is 0.989. The minimum atomic E-state index is -0.845. The topological polar surface area (TPSA) is 57.9 Å². The van der Waals surface area contributed by atoms with Gasteiger partial charge in [-0.1, -0.05) is 73.2 Å². The maximum Gasteiger partial charge on any atom is 0.165 e. The van der Waals surface area contributed by atoms with E-state index in [0.29, 0.717) is 11.7 Å². The van der Waals surface area contributed by atoms with Crippen LogP contribution in [-0.2, 0) is 31.2 Å². The van der Waals surface area contributed by atoms with E-state index in [9.17, 15) is 10.2 Å². The second-order valence-corrected chi connectivity index (χ2v) is 16.1. The number of aromatic hydroxyl groups is 1. The number of piperidine rings is 1. The van der Waals surface area contributed by atoms with Crippen LogP contribution in [0.1, 0.15) is 91.7 Å². The van der Waals surface area contributed by atoms with Crippen molar-refractivity contribution in [3.8, 4) is 11.5 Å². The number of rotatable bonds is 13. The van der Waals surface area contributed by atoms with Gasteiger partial charge in [-0.2, -0.15) is 0 Å². The van der Waals surface area contributed by atoms with Gasteiger partial charge in [0.2, 0.25) is 0 Å². The van der Waals surface area contributed by atoms with Gasteiger partial charge in [0.05, 0.1) is 11.0 Å². The first-order chi connectivity index (χ1) is 24.0. The summed E-state index contributed by atoms with van der Waals surface area (Å²) in [6.07, 6.45) is 15.2. The third kappa shape index (κ3) is 5.43. The summed E-state index contributed by atoms with van der Waals surface area (Å²) in [6, 6.07) is 30.5. The summed E-state index contributed by atoms with van der Waals surface area (Å²) < 4.78 is 9.52. The molecule has 2 saturated carbocycles. The molecule has 2 N–H and O–H groups in total. The van der Waals surface area contributed by atoms with Gasteiger partial charge in [0, 0.05) is 42.5 Å². The van der Waals surface area contributed by atoms with Gasteiger partial charge in [-0.05, 0) is 124 Å². The summed E-state index contributed by atoms with van der Waals surface area (Å²) in [5.74, 6) is 2.41. The predicted molar refractivity (Wildman–Crippen MR) is 194 cm³/mol. The molecule has 9 rings (SSSR count). The summed E-state index contributed by atoms with van der Waals surface area (Å²) in [5, 5.41) is 24.2. The number of hydrogen-bond donors (Lipinski definition) is 2. The first-order valence-corrected chi connectivity index (χ1v) is 19.2. The van der Waals surface area contributed by atoms with Gasteiger partial charge in [0.1, 0.15) is 6.10 Å². The molecule has 3 aromatic carbocycles. The largest absolute Gasteiger partial charge is 0.504 e. The van der Waals surface area contributed by atoms with Gasteiger partial charge < -0.3 is 19.5 Å². The van der Waals surface area contributed by atoms with E-state index in [0.717, 1.165) is 69.6 Å². The lowest BCUT2D eigenvalue weighted by Crippen LogP contribution is -2.76. The lowest BCUT2D eigenvalue weighted by Gasteiger charge is -2.64. The van der Waals surface area contributed by atoms with E-state index in [1.165, 1.54) is 60.9 Å². The number of unbranched alkanes of at least 4 members (excludes halogenated alkanes) is 1. The van der Waals surface area contributed by atoms with Crippen molar-refractivity contribution in [3.05, 3.63) is 119 Å². The normalized spacial score (nSPS) is 29.0.